The molecule has 0 bridgehead atoms. The van der Waals surface area contributed by atoms with E-state index in [0.29, 0.717) is 6.42 Å². The molecule has 0 aliphatic heterocycles. The Hall–Kier alpha value is 0.210. The quantitative estimate of drug-likeness (QED) is 0.473. The van der Waals surface area contributed by atoms with Crippen molar-refractivity contribution in [2.45, 2.75) is 38.5 Å². The second-order valence-corrected chi connectivity index (χ2v) is 2.79. The summed E-state index contributed by atoms with van der Waals surface area (Å²) in [5.74, 6) is -2.87. The van der Waals surface area contributed by atoms with Crippen molar-refractivity contribution in [1.29, 1.82) is 0 Å². The molecule has 10 heavy (non-hydrogen) atoms. The summed E-state index contributed by atoms with van der Waals surface area (Å²) in [7, 11) is 0. The van der Waals surface area contributed by atoms with Gasteiger partial charge in [-0.1, -0.05) is 19.8 Å². The van der Waals surface area contributed by atoms with Gasteiger partial charge in [-0.15, -0.1) is 0 Å². The Morgan fingerprint density at radius 2 is 1.90 bits per heavy atom. The summed E-state index contributed by atoms with van der Waals surface area (Å²) in [5.41, 5.74) is 0. The number of hydrogen-bond acceptors (Lipinski definition) is 1. The highest BCUT2D eigenvalue weighted by molar-refractivity contribution is 7.80. The van der Waals surface area contributed by atoms with Gasteiger partial charge >= 0.3 is 0 Å². The van der Waals surface area contributed by atoms with Crippen LogP contribution in [0.5, 0.6) is 0 Å². The molecule has 0 N–H and O–H groups in total. The largest absolute Gasteiger partial charge is 0.256 e. The lowest BCUT2D eigenvalue weighted by Crippen LogP contribution is -2.17. The summed E-state index contributed by atoms with van der Waals surface area (Å²) in [5, 5.41) is 0. The first-order chi connectivity index (χ1) is 4.62. The van der Waals surface area contributed by atoms with E-state index in [1.165, 1.54) is 0 Å². The van der Waals surface area contributed by atoms with Crippen LogP contribution < -0.4 is 0 Å². The van der Waals surface area contributed by atoms with Gasteiger partial charge in [0.25, 0.3) is 5.92 Å². The lowest BCUT2D eigenvalue weighted by atomic mass is 10.1. The molecule has 0 aliphatic rings. The number of unbranched alkanes of at least 4 members (excludes halogenated alkanes) is 2. The van der Waals surface area contributed by atoms with Crippen molar-refractivity contribution < 1.29 is 8.78 Å². The van der Waals surface area contributed by atoms with Crippen molar-refractivity contribution in [2.75, 3.05) is 5.75 Å². The Bertz CT molecular complexity index is 83.7. The van der Waals surface area contributed by atoms with E-state index in [1.54, 1.807) is 0 Å². The standard InChI is InChI=1S/C7H14F2S/c1-2-3-4-5-7(8,9)6-10/h10H,2-6H2,1H3. The zero-order chi connectivity index (χ0) is 8.04. The van der Waals surface area contributed by atoms with Gasteiger partial charge in [-0.25, -0.2) is 8.78 Å². The van der Waals surface area contributed by atoms with Crippen molar-refractivity contribution in [3.05, 3.63) is 0 Å². The molecule has 0 fully saturated rings. The SMILES string of the molecule is CCCCCC(F)(F)CS. The average molecular weight is 168 g/mol. The van der Waals surface area contributed by atoms with Crippen LogP contribution in [0.3, 0.4) is 0 Å². The maximum absolute atomic E-state index is 12.4. The number of hydrogen-bond donors (Lipinski definition) is 1. The molecule has 0 spiro atoms. The topological polar surface area (TPSA) is 0 Å². The molecule has 0 saturated carbocycles. The highest BCUT2D eigenvalue weighted by atomic mass is 32.1. The zero-order valence-electron chi connectivity index (χ0n) is 6.24. The number of halogens is 2. The van der Waals surface area contributed by atoms with Gasteiger partial charge in [0.1, 0.15) is 0 Å². The van der Waals surface area contributed by atoms with E-state index in [1.807, 2.05) is 6.92 Å². The average Bonchev–Trinajstić information content (AvgIpc) is 1.89. The molecule has 0 nitrogen and oxygen atoms in total. The van der Waals surface area contributed by atoms with E-state index in [-0.39, 0.29) is 12.2 Å². The Kier molecular flexibility index (Phi) is 5.04. The van der Waals surface area contributed by atoms with E-state index in [2.05, 4.69) is 12.6 Å². The van der Waals surface area contributed by atoms with E-state index < -0.39 is 5.92 Å². The second kappa shape index (κ2) is 4.94. The predicted octanol–water partition coefficient (Wildman–Crippen LogP) is 3.13. The molecule has 0 unspecified atom stereocenters. The number of alkyl halides is 2. The molecule has 0 amide bonds. The molecule has 0 radical (unpaired) electrons. The van der Waals surface area contributed by atoms with Gasteiger partial charge in [0.05, 0.1) is 5.75 Å². The van der Waals surface area contributed by atoms with Gasteiger partial charge in [0, 0.05) is 6.42 Å². The molecule has 0 aromatic carbocycles. The van der Waals surface area contributed by atoms with Gasteiger partial charge in [-0.3, -0.25) is 0 Å². The minimum atomic E-state index is -2.54. The molecule has 0 aliphatic carbocycles. The molecular formula is C7H14F2S. The maximum atomic E-state index is 12.4. The number of thiol groups is 1. The van der Waals surface area contributed by atoms with Crippen LogP contribution in [0.1, 0.15) is 32.6 Å². The minimum absolute atomic E-state index is 0.00958. The summed E-state index contributed by atoms with van der Waals surface area (Å²) in [4.78, 5) is 0. The minimum Gasteiger partial charge on any atom is -0.206 e. The molecular weight excluding hydrogens is 154 g/mol. The van der Waals surface area contributed by atoms with E-state index in [9.17, 15) is 8.78 Å². The molecule has 0 aromatic rings. The predicted molar refractivity (Wildman–Crippen MR) is 42.9 cm³/mol. The summed E-state index contributed by atoms with van der Waals surface area (Å²) in [6.45, 7) is 2.00. The summed E-state index contributed by atoms with van der Waals surface area (Å²) < 4.78 is 24.8. The lowest BCUT2D eigenvalue weighted by Gasteiger charge is -2.11. The van der Waals surface area contributed by atoms with Crippen LogP contribution in [-0.4, -0.2) is 11.7 Å². The van der Waals surface area contributed by atoms with Gasteiger partial charge in [0.2, 0.25) is 0 Å². The fourth-order valence-electron chi connectivity index (χ4n) is 0.713. The maximum Gasteiger partial charge on any atom is 0.256 e. The first-order valence-electron chi connectivity index (χ1n) is 3.61. The van der Waals surface area contributed by atoms with Crippen LogP contribution in [0.25, 0.3) is 0 Å². The van der Waals surface area contributed by atoms with Crippen LogP contribution >= 0.6 is 12.6 Å². The fourth-order valence-corrected chi connectivity index (χ4v) is 0.871. The highest BCUT2D eigenvalue weighted by Crippen LogP contribution is 2.22. The van der Waals surface area contributed by atoms with Crippen LogP contribution in [0, 0.1) is 0 Å². The Morgan fingerprint density at radius 3 is 2.30 bits per heavy atom. The van der Waals surface area contributed by atoms with Crippen LogP contribution in [0.4, 0.5) is 8.78 Å². The van der Waals surface area contributed by atoms with Gasteiger partial charge in [-0.05, 0) is 6.42 Å². The first-order valence-corrected chi connectivity index (χ1v) is 4.24. The van der Waals surface area contributed by atoms with Crippen LogP contribution in [-0.2, 0) is 0 Å². The van der Waals surface area contributed by atoms with Crippen LogP contribution in [0.2, 0.25) is 0 Å². The molecule has 0 heterocycles. The Balaban J connectivity index is 3.28. The zero-order valence-corrected chi connectivity index (χ0v) is 7.13. The Morgan fingerprint density at radius 1 is 1.30 bits per heavy atom. The van der Waals surface area contributed by atoms with E-state index in [4.69, 9.17) is 0 Å². The fraction of sp³-hybridized carbons (Fsp3) is 1.00. The lowest BCUT2D eigenvalue weighted by molar-refractivity contribution is 0.0162. The third-order valence-corrected chi connectivity index (χ3v) is 1.84. The molecule has 0 rings (SSSR count). The molecule has 0 atom stereocenters. The van der Waals surface area contributed by atoms with Crippen molar-refractivity contribution in [1.82, 2.24) is 0 Å². The third kappa shape index (κ3) is 5.03. The van der Waals surface area contributed by atoms with Crippen molar-refractivity contribution >= 4 is 12.6 Å². The summed E-state index contributed by atoms with van der Waals surface area (Å²) in [6.07, 6.45) is 2.49. The molecule has 0 saturated heterocycles. The second-order valence-electron chi connectivity index (χ2n) is 2.47. The van der Waals surface area contributed by atoms with Crippen molar-refractivity contribution in [3.8, 4) is 0 Å². The highest BCUT2D eigenvalue weighted by Gasteiger charge is 2.25. The molecule has 3 heteroatoms. The van der Waals surface area contributed by atoms with Crippen LogP contribution in [0.15, 0.2) is 0 Å². The number of rotatable bonds is 5. The first kappa shape index (κ1) is 10.2. The molecule has 62 valence electrons. The Labute approximate surface area is 66.4 Å². The summed E-state index contributed by atoms with van der Waals surface area (Å²) in [6, 6.07) is 0. The van der Waals surface area contributed by atoms with Gasteiger partial charge < -0.3 is 0 Å². The van der Waals surface area contributed by atoms with Gasteiger partial charge in [0.15, 0.2) is 0 Å². The van der Waals surface area contributed by atoms with Crippen molar-refractivity contribution in [3.63, 3.8) is 0 Å². The van der Waals surface area contributed by atoms with Crippen molar-refractivity contribution in [2.24, 2.45) is 0 Å². The normalized spacial score (nSPS) is 12.0. The third-order valence-electron chi connectivity index (χ3n) is 1.38. The van der Waals surface area contributed by atoms with Gasteiger partial charge in [-0.2, -0.15) is 12.6 Å². The van der Waals surface area contributed by atoms with E-state index in [0.717, 1.165) is 12.8 Å². The molecule has 0 aromatic heterocycles. The summed E-state index contributed by atoms with van der Waals surface area (Å²) >= 11 is 3.55. The van der Waals surface area contributed by atoms with E-state index >= 15 is 0 Å². The monoisotopic (exact) mass is 168 g/mol. The smallest absolute Gasteiger partial charge is 0.206 e.